The molecule has 0 aromatic heterocycles. The molecule has 4 nitrogen and oxygen atoms in total. The van der Waals surface area contributed by atoms with Gasteiger partial charge in [0.25, 0.3) is 0 Å². The van der Waals surface area contributed by atoms with Crippen LogP contribution in [0, 0.1) is 6.92 Å². The van der Waals surface area contributed by atoms with Crippen molar-refractivity contribution in [1.29, 1.82) is 0 Å². The monoisotopic (exact) mass is 297 g/mol. The fourth-order valence-corrected chi connectivity index (χ4v) is 2.63. The molecular weight excluding hydrogens is 278 g/mol. The lowest BCUT2D eigenvalue weighted by molar-refractivity contribution is -0.145. The molecule has 1 aromatic carbocycles. The van der Waals surface area contributed by atoms with Gasteiger partial charge in [0, 0.05) is 24.7 Å². The Morgan fingerprint density at radius 2 is 2.35 bits per heavy atom. The molecule has 1 aliphatic rings. The van der Waals surface area contributed by atoms with Crippen LogP contribution in [0.25, 0.3) is 0 Å². The Hall–Kier alpha value is -1.10. The highest BCUT2D eigenvalue weighted by Gasteiger charge is 2.23. The van der Waals surface area contributed by atoms with Crippen molar-refractivity contribution in [2.75, 3.05) is 26.8 Å². The van der Waals surface area contributed by atoms with Gasteiger partial charge in [0.15, 0.2) is 0 Å². The predicted molar refractivity (Wildman–Crippen MR) is 77.8 cm³/mol. The van der Waals surface area contributed by atoms with Gasteiger partial charge in [-0.3, -0.25) is 9.69 Å². The van der Waals surface area contributed by atoms with E-state index in [0.29, 0.717) is 13.0 Å². The van der Waals surface area contributed by atoms with Gasteiger partial charge in [0.1, 0.15) is 0 Å². The molecule has 1 aliphatic heterocycles. The van der Waals surface area contributed by atoms with Crippen LogP contribution in [0.1, 0.15) is 17.5 Å². The molecule has 1 heterocycles. The lowest BCUT2D eigenvalue weighted by atomic mass is 10.1. The predicted octanol–water partition coefficient (Wildman–Crippen LogP) is 2.41. The highest BCUT2D eigenvalue weighted by Crippen LogP contribution is 2.21. The minimum absolute atomic E-state index is 0.0968. The molecule has 110 valence electrons. The molecule has 1 atom stereocenters. The second-order valence-corrected chi connectivity index (χ2v) is 5.51. The lowest BCUT2D eigenvalue weighted by Gasteiger charge is -2.32. The van der Waals surface area contributed by atoms with Gasteiger partial charge in [-0.25, -0.2) is 0 Å². The first-order valence-electron chi connectivity index (χ1n) is 6.74. The number of benzene rings is 1. The molecule has 2 rings (SSSR count). The number of morpholine rings is 1. The third kappa shape index (κ3) is 4.20. The summed E-state index contributed by atoms with van der Waals surface area (Å²) in [6.07, 6.45) is 0.203. The molecule has 20 heavy (non-hydrogen) atoms. The average molecular weight is 298 g/mol. The summed E-state index contributed by atoms with van der Waals surface area (Å²) < 4.78 is 10.3. The Kier molecular flexibility index (Phi) is 5.40. The van der Waals surface area contributed by atoms with Crippen molar-refractivity contribution in [3.05, 3.63) is 34.3 Å². The molecule has 1 saturated heterocycles. The highest BCUT2D eigenvalue weighted by molar-refractivity contribution is 6.31. The normalized spacial score (nSPS) is 19.9. The Balaban J connectivity index is 1.94. The third-order valence-corrected chi connectivity index (χ3v) is 3.80. The zero-order chi connectivity index (χ0) is 14.5. The first-order chi connectivity index (χ1) is 9.58. The van der Waals surface area contributed by atoms with E-state index in [4.69, 9.17) is 16.3 Å². The van der Waals surface area contributed by atoms with Gasteiger partial charge in [0.05, 0.1) is 26.2 Å². The summed E-state index contributed by atoms with van der Waals surface area (Å²) >= 11 is 6.26. The van der Waals surface area contributed by atoms with Crippen molar-refractivity contribution in [3.8, 4) is 0 Å². The number of aryl methyl sites for hydroxylation is 1. The summed E-state index contributed by atoms with van der Waals surface area (Å²) in [4.78, 5) is 13.6. The van der Waals surface area contributed by atoms with Crippen LogP contribution >= 0.6 is 11.6 Å². The minimum Gasteiger partial charge on any atom is -0.469 e. The Morgan fingerprint density at radius 3 is 3.05 bits per heavy atom. The van der Waals surface area contributed by atoms with Crippen LogP contribution in [0.15, 0.2) is 18.2 Å². The first-order valence-corrected chi connectivity index (χ1v) is 7.12. The summed E-state index contributed by atoms with van der Waals surface area (Å²) in [5, 5.41) is 0.793. The quantitative estimate of drug-likeness (QED) is 0.800. The van der Waals surface area contributed by atoms with Crippen LogP contribution in [0.2, 0.25) is 5.02 Å². The fourth-order valence-electron chi connectivity index (χ4n) is 2.34. The number of rotatable bonds is 4. The van der Waals surface area contributed by atoms with Crippen LogP contribution in [0.4, 0.5) is 0 Å². The molecule has 0 N–H and O–H groups in total. The Labute approximate surface area is 124 Å². The van der Waals surface area contributed by atoms with Crippen molar-refractivity contribution in [1.82, 2.24) is 4.90 Å². The van der Waals surface area contributed by atoms with Crippen LogP contribution in [-0.2, 0) is 20.8 Å². The standard InChI is InChI=1S/C15H20ClNO3/c1-11-3-4-12(14(16)7-11)9-17-5-6-20-13(10-17)8-15(18)19-2/h3-4,7,13H,5-6,8-10H2,1-2H3. The lowest BCUT2D eigenvalue weighted by Crippen LogP contribution is -2.42. The van der Waals surface area contributed by atoms with Crippen molar-refractivity contribution in [3.63, 3.8) is 0 Å². The molecule has 0 spiro atoms. The van der Waals surface area contributed by atoms with Gasteiger partial charge in [0.2, 0.25) is 0 Å². The molecule has 1 unspecified atom stereocenters. The number of ether oxygens (including phenoxy) is 2. The van der Waals surface area contributed by atoms with Crippen LogP contribution in [0.5, 0.6) is 0 Å². The second kappa shape index (κ2) is 7.07. The van der Waals surface area contributed by atoms with Crippen LogP contribution in [-0.4, -0.2) is 43.8 Å². The second-order valence-electron chi connectivity index (χ2n) is 5.10. The molecule has 1 aromatic rings. The molecular formula is C15H20ClNO3. The van der Waals surface area contributed by atoms with Crippen molar-refractivity contribution >= 4 is 17.6 Å². The van der Waals surface area contributed by atoms with E-state index in [1.54, 1.807) is 0 Å². The molecule has 5 heteroatoms. The minimum atomic E-state index is -0.231. The number of hydrogen-bond donors (Lipinski definition) is 0. The smallest absolute Gasteiger partial charge is 0.308 e. The van der Waals surface area contributed by atoms with E-state index in [0.717, 1.165) is 35.8 Å². The SMILES string of the molecule is COC(=O)CC1CN(Cc2ccc(C)cc2Cl)CCO1. The van der Waals surface area contributed by atoms with E-state index in [9.17, 15) is 4.79 Å². The van der Waals surface area contributed by atoms with Gasteiger partial charge >= 0.3 is 5.97 Å². The molecule has 0 aliphatic carbocycles. The maximum Gasteiger partial charge on any atom is 0.308 e. The van der Waals surface area contributed by atoms with Gasteiger partial charge in [-0.1, -0.05) is 23.7 Å². The van der Waals surface area contributed by atoms with Crippen molar-refractivity contribution in [2.45, 2.75) is 26.0 Å². The fraction of sp³-hybridized carbons (Fsp3) is 0.533. The van der Waals surface area contributed by atoms with Crippen LogP contribution in [0.3, 0.4) is 0 Å². The molecule has 1 fully saturated rings. The Morgan fingerprint density at radius 1 is 1.55 bits per heavy atom. The Bertz CT molecular complexity index is 478. The third-order valence-electron chi connectivity index (χ3n) is 3.45. The number of carbonyl (C=O) groups excluding carboxylic acids is 1. The maximum atomic E-state index is 11.3. The van der Waals surface area contributed by atoms with Gasteiger partial charge in [-0.15, -0.1) is 0 Å². The number of nitrogens with zero attached hydrogens (tertiary/aromatic N) is 1. The number of esters is 1. The number of halogens is 1. The first kappa shape index (κ1) is 15.3. The summed E-state index contributed by atoms with van der Waals surface area (Å²) in [6, 6.07) is 6.10. The number of hydrogen-bond acceptors (Lipinski definition) is 4. The zero-order valence-electron chi connectivity index (χ0n) is 11.9. The molecule has 0 radical (unpaired) electrons. The summed E-state index contributed by atoms with van der Waals surface area (Å²) in [6.45, 7) is 5.00. The number of methoxy groups -OCH3 is 1. The van der Waals surface area contributed by atoms with E-state index in [2.05, 4.69) is 21.8 Å². The van der Waals surface area contributed by atoms with Crippen molar-refractivity contribution < 1.29 is 14.3 Å². The van der Waals surface area contributed by atoms with Gasteiger partial charge < -0.3 is 9.47 Å². The van der Waals surface area contributed by atoms with E-state index in [1.165, 1.54) is 7.11 Å². The summed E-state index contributed by atoms with van der Waals surface area (Å²) in [7, 11) is 1.40. The number of carbonyl (C=O) groups is 1. The van der Waals surface area contributed by atoms with Crippen molar-refractivity contribution in [2.24, 2.45) is 0 Å². The van der Waals surface area contributed by atoms with Crippen LogP contribution < -0.4 is 0 Å². The largest absolute Gasteiger partial charge is 0.469 e. The zero-order valence-corrected chi connectivity index (χ0v) is 12.7. The topological polar surface area (TPSA) is 38.8 Å². The molecule has 0 saturated carbocycles. The van der Waals surface area contributed by atoms with E-state index in [1.807, 2.05) is 13.0 Å². The highest BCUT2D eigenvalue weighted by atomic mass is 35.5. The summed E-state index contributed by atoms with van der Waals surface area (Å²) in [5.41, 5.74) is 2.26. The summed E-state index contributed by atoms with van der Waals surface area (Å²) in [5.74, 6) is -0.231. The van der Waals surface area contributed by atoms with E-state index < -0.39 is 0 Å². The average Bonchev–Trinajstić information content (AvgIpc) is 2.42. The van der Waals surface area contributed by atoms with Gasteiger partial charge in [-0.05, 0) is 24.1 Å². The molecule has 0 bridgehead atoms. The molecule has 0 amide bonds. The maximum absolute atomic E-state index is 11.3. The van der Waals surface area contributed by atoms with E-state index in [-0.39, 0.29) is 12.1 Å². The van der Waals surface area contributed by atoms with E-state index >= 15 is 0 Å². The van der Waals surface area contributed by atoms with Gasteiger partial charge in [-0.2, -0.15) is 0 Å².